The molecule has 1 heterocycles. The molecule has 1 N–H and O–H groups in total. The van der Waals surface area contributed by atoms with Crippen LogP contribution in [0.2, 0.25) is 0 Å². The van der Waals surface area contributed by atoms with Crippen LogP contribution in [0.15, 0.2) is 41.7 Å². The van der Waals surface area contributed by atoms with Crippen LogP contribution in [0.3, 0.4) is 0 Å². The van der Waals surface area contributed by atoms with Gasteiger partial charge in [-0.05, 0) is 18.4 Å². The minimum atomic E-state index is -0.590. The largest absolute Gasteiger partial charge is 0.483 e. The molecule has 1 aliphatic heterocycles. The van der Waals surface area contributed by atoms with Crippen LogP contribution < -0.4 is 0 Å². The number of esters is 1. The molecule has 0 spiro atoms. The Morgan fingerprint density at radius 1 is 1.33 bits per heavy atom. The maximum atomic E-state index is 12.7. The maximum Gasteiger partial charge on any atom is 0.337 e. The molecular weight excluding hydrogens is 308 g/mol. The van der Waals surface area contributed by atoms with Crippen molar-refractivity contribution in [2.24, 2.45) is 5.92 Å². The van der Waals surface area contributed by atoms with Crippen molar-refractivity contribution in [2.45, 2.75) is 26.4 Å². The average molecular weight is 330 g/mol. The van der Waals surface area contributed by atoms with Crippen LogP contribution in [-0.4, -0.2) is 36.8 Å². The van der Waals surface area contributed by atoms with E-state index in [2.05, 4.69) is 0 Å². The van der Waals surface area contributed by atoms with Gasteiger partial charge in [-0.2, -0.15) is 0 Å². The summed E-state index contributed by atoms with van der Waals surface area (Å²) in [5.41, 5.74) is 1.08. The van der Waals surface area contributed by atoms with Gasteiger partial charge in [0.15, 0.2) is 5.76 Å². The molecule has 1 aliphatic rings. The summed E-state index contributed by atoms with van der Waals surface area (Å²) in [4.78, 5) is 26.1. The predicted octanol–water partition coefficient (Wildman–Crippen LogP) is 2.50. The lowest BCUT2D eigenvalue weighted by Crippen LogP contribution is -2.36. The summed E-state index contributed by atoms with van der Waals surface area (Å²) in [5, 5.41) is 8.17. The van der Waals surface area contributed by atoms with Gasteiger partial charge in [0.25, 0.3) is 5.91 Å². The highest BCUT2D eigenvalue weighted by molar-refractivity contribution is 6.10. The standard InChI is InChI=1S/C18H22N2O4/c1-4-13-10-14(18(22)23-3)15(17(21)20(2)16(13)19)24-11-12-8-6-5-7-9-12/h5-9,13,19H,4,10-11H2,1-3H3. The predicted molar refractivity (Wildman–Crippen MR) is 89.2 cm³/mol. The molecule has 2 rings (SSSR count). The molecule has 1 aromatic carbocycles. The fourth-order valence-electron chi connectivity index (χ4n) is 2.62. The van der Waals surface area contributed by atoms with Gasteiger partial charge in [0.05, 0.1) is 12.7 Å². The number of amidine groups is 1. The van der Waals surface area contributed by atoms with Gasteiger partial charge in [-0.1, -0.05) is 37.3 Å². The number of carbonyl (C=O) groups excluding carboxylic acids is 2. The van der Waals surface area contributed by atoms with E-state index in [4.69, 9.17) is 14.9 Å². The van der Waals surface area contributed by atoms with E-state index in [0.29, 0.717) is 6.42 Å². The number of ether oxygens (including phenoxy) is 2. The highest BCUT2D eigenvalue weighted by atomic mass is 16.5. The van der Waals surface area contributed by atoms with Gasteiger partial charge < -0.3 is 9.47 Å². The molecule has 0 bridgehead atoms. The first-order chi connectivity index (χ1) is 11.5. The zero-order valence-corrected chi connectivity index (χ0v) is 14.2. The smallest absolute Gasteiger partial charge is 0.337 e. The summed E-state index contributed by atoms with van der Waals surface area (Å²) in [6, 6.07) is 9.39. The molecular formula is C18H22N2O4. The average Bonchev–Trinajstić information content (AvgIpc) is 2.70. The van der Waals surface area contributed by atoms with Crippen LogP contribution in [0.5, 0.6) is 0 Å². The Balaban J connectivity index is 2.37. The quantitative estimate of drug-likeness (QED) is 0.841. The van der Waals surface area contributed by atoms with Gasteiger partial charge in [-0.15, -0.1) is 0 Å². The van der Waals surface area contributed by atoms with E-state index < -0.39 is 11.9 Å². The second kappa shape index (κ2) is 7.77. The minimum Gasteiger partial charge on any atom is -0.483 e. The number of nitrogens with one attached hydrogen (secondary N) is 1. The van der Waals surface area contributed by atoms with Crippen molar-refractivity contribution in [3.8, 4) is 0 Å². The Hall–Kier alpha value is -2.63. The molecule has 0 saturated heterocycles. The molecule has 0 aromatic heterocycles. The number of rotatable bonds is 5. The summed E-state index contributed by atoms with van der Waals surface area (Å²) < 4.78 is 10.5. The Morgan fingerprint density at radius 2 is 2.00 bits per heavy atom. The molecule has 1 amide bonds. The van der Waals surface area contributed by atoms with Crippen LogP contribution in [0.1, 0.15) is 25.3 Å². The third-order valence-electron chi connectivity index (χ3n) is 4.12. The zero-order chi connectivity index (χ0) is 17.7. The van der Waals surface area contributed by atoms with Gasteiger partial charge in [0, 0.05) is 13.0 Å². The lowest BCUT2D eigenvalue weighted by molar-refractivity contribution is -0.137. The first kappa shape index (κ1) is 17.7. The second-order valence-corrected chi connectivity index (χ2v) is 5.63. The van der Waals surface area contributed by atoms with Crippen molar-refractivity contribution in [1.29, 1.82) is 5.41 Å². The van der Waals surface area contributed by atoms with E-state index in [-0.39, 0.29) is 36.1 Å². The van der Waals surface area contributed by atoms with Gasteiger partial charge in [0.2, 0.25) is 0 Å². The number of benzene rings is 1. The van der Waals surface area contributed by atoms with Crippen LogP contribution in [-0.2, 0) is 25.7 Å². The normalized spacial score (nSPS) is 18.5. The van der Waals surface area contributed by atoms with Crippen molar-refractivity contribution >= 4 is 17.7 Å². The third kappa shape index (κ3) is 3.64. The fourth-order valence-corrected chi connectivity index (χ4v) is 2.62. The molecule has 24 heavy (non-hydrogen) atoms. The summed E-state index contributed by atoms with van der Waals surface area (Å²) in [6.07, 6.45) is 0.894. The zero-order valence-electron chi connectivity index (χ0n) is 14.2. The van der Waals surface area contributed by atoms with Crippen molar-refractivity contribution in [3.63, 3.8) is 0 Å². The third-order valence-corrected chi connectivity index (χ3v) is 4.12. The minimum absolute atomic E-state index is 0.0334. The van der Waals surface area contributed by atoms with Crippen LogP contribution in [0.25, 0.3) is 0 Å². The Morgan fingerprint density at radius 3 is 2.58 bits per heavy atom. The van der Waals surface area contributed by atoms with Gasteiger partial charge in [-0.25, -0.2) is 4.79 Å². The molecule has 1 atom stereocenters. The summed E-state index contributed by atoms with van der Waals surface area (Å²) in [7, 11) is 2.80. The molecule has 128 valence electrons. The van der Waals surface area contributed by atoms with E-state index in [1.54, 1.807) is 0 Å². The first-order valence-corrected chi connectivity index (χ1v) is 7.84. The molecule has 0 fully saturated rings. The lowest BCUT2D eigenvalue weighted by Gasteiger charge is -2.21. The van der Waals surface area contributed by atoms with Gasteiger partial charge in [-0.3, -0.25) is 15.1 Å². The van der Waals surface area contributed by atoms with Crippen molar-refractivity contribution < 1.29 is 19.1 Å². The fraction of sp³-hybridized carbons (Fsp3) is 0.389. The summed E-state index contributed by atoms with van der Waals surface area (Å²) in [5.74, 6) is -1.16. The molecule has 0 radical (unpaired) electrons. The van der Waals surface area contributed by atoms with Crippen LogP contribution in [0, 0.1) is 11.3 Å². The highest BCUT2D eigenvalue weighted by Gasteiger charge is 2.35. The number of likely N-dealkylation sites (N-methyl/N-ethyl adjacent to an activating group) is 1. The van der Waals surface area contributed by atoms with Crippen molar-refractivity contribution in [3.05, 3.63) is 47.2 Å². The summed E-state index contributed by atoms with van der Waals surface area (Å²) in [6.45, 7) is 2.09. The second-order valence-electron chi connectivity index (χ2n) is 5.63. The number of nitrogens with zero attached hydrogens (tertiary/aromatic N) is 1. The Labute approximate surface area is 141 Å². The van der Waals surface area contributed by atoms with E-state index in [1.807, 2.05) is 37.3 Å². The van der Waals surface area contributed by atoms with E-state index >= 15 is 0 Å². The van der Waals surface area contributed by atoms with Crippen LogP contribution >= 0.6 is 0 Å². The highest BCUT2D eigenvalue weighted by Crippen LogP contribution is 2.28. The van der Waals surface area contributed by atoms with E-state index in [1.165, 1.54) is 19.1 Å². The molecule has 0 saturated carbocycles. The Bertz CT molecular complexity index is 667. The lowest BCUT2D eigenvalue weighted by atomic mass is 9.96. The van der Waals surface area contributed by atoms with E-state index in [0.717, 1.165) is 5.56 Å². The number of methoxy groups -OCH3 is 1. The summed E-state index contributed by atoms with van der Waals surface area (Å²) >= 11 is 0. The monoisotopic (exact) mass is 330 g/mol. The molecule has 6 heteroatoms. The molecule has 1 unspecified atom stereocenters. The molecule has 6 nitrogen and oxygen atoms in total. The molecule has 1 aromatic rings. The number of amides is 1. The number of hydrogen-bond donors (Lipinski definition) is 1. The number of carbonyl (C=O) groups is 2. The number of hydrogen-bond acceptors (Lipinski definition) is 5. The SMILES string of the molecule is CCC1CC(C(=O)OC)=C(OCc2ccccc2)C(=O)N(C)C1=N. The Kier molecular flexibility index (Phi) is 5.73. The van der Waals surface area contributed by atoms with Gasteiger partial charge >= 0.3 is 5.97 Å². The van der Waals surface area contributed by atoms with Crippen molar-refractivity contribution in [2.75, 3.05) is 14.2 Å². The van der Waals surface area contributed by atoms with Crippen molar-refractivity contribution in [1.82, 2.24) is 4.90 Å². The van der Waals surface area contributed by atoms with Crippen LogP contribution in [0.4, 0.5) is 0 Å². The topological polar surface area (TPSA) is 79.7 Å². The molecule has 0 aliphatic carbocycles. The van der Waals surface area contributed by atoms with E-state index in [9.17, 15) is 9.59 Å². The maximum absolute atomic E-state index is 12.7. The first-order valence-electron chi connectivity index (χ1n) is 7.84. The van der Waals surface area contributed by atoms with Gasteiger partial charge in [0.1, 0.15) is 12.4 Å².